The third kappa shape index (κ3) is 3.22. The first-order chi connectivity index (χ1) is 15.2. The average molecular weight is 490 g/mol. The van der Waals surface area contributed by atoms with Gasteiger partial charge in [-0.25, -0.2) is 5.01 Å². The van der Waals surface area contributed by atoms with Crippen molar-refractivity contribution >= 4 is 44.0 Å². The van der Waals surface area contributed by atoms with E-state index in [0.717, 1.165) is 39.0 Å². The molecule has 2 atom stereocenters. The van der Waals surface area contributed by atoms with Crippen LogP contribution in [0.3, 0.4) is 0 Å². The fraction of sp³-hybridized carbons (Fsp3) is 0.115. The van der Waals surface area contributed by atoms with Crippen LogP contribution in [0.15, 0.2) is 94.5 Å². The molecule has 0 spiro atoms. The van der Waals surface area contributed by atoms with Gasteiger partial charge in [-0.2, -0.15) is 5.10 Å². The molecule has 4 aromatic rings. The fourth-order valence-electron chi connectivity index (χ4n) is 4.48. The van der Waals surface area contributed by atoms with Crippen molar-refractivity contribution in [2.75, 3.05) is 0 Å². The molecule has 3 nitrogen and oxygen atoms in total. The molecule has 0 aromatic heterocycles. The van der Waals surface area contributed by atoms with Gasteiger partial charge in [-0.05, 0) is 46.7 Å². The predicted octanol–water partition coefficient (Wildman–Crippen LogP) is 7.50. The van der Waals surface area contributed by atoms with E-state index in [4.69, 9.17) is 21.4 Å². The van der Waals surface area contributed by atoms with Crippen LogP contribution in [0.25, 0.3) is 10.8 Å². The van der Waals surface area contributed by atoms with Gasteiger partial charge in [0.15, 0.2) is 0 Å². The average Bonchev–Trinajstić information content (AvgIpc) is 3.25. The van der Waals surface area contributed by atoms with Crippen molar-refractivity contribution in [3.05, 3.63) is 111 Å². The lowest BCUT2D eigenvalue weighted by atomic mass is 9.95. The van der Waals surface area contributed by atoms with Crippen molar-refractivity contribution in [1.82, 2.24) is 5.01 Å². The van der Waals surface area contributed by atoms with Crippen LogP contribution in [0, 0.1) is 0 Å². The lowest BCUT2D eigenvalue weighted by molar-refractivity contribution is -0.0190. The fourth-order valence-corrected chi connectivity index (χ4v) is 5.09. The van der Waals surface area contributed by atoms with Crippen molar-refractivity contribution in [3.8, 4) is 5.75 Å². The summed E-state index contributed by atoms with van der Waals surface area (Å²) in [7, 11) is 0. The lowest BCUT2D eigenvalue weighted by Gasteiger charge is -2.38. The second-order valence-corrected chi connectivity index (χ2v) is 9.21. The van der Waals surface area contributed by atoms with E-state index in [1.54, 1.807) is 0 Å². The first-order valence-electron chi connectivity index (χ1n) is 10.2. The van der Waals surface area contributed by atoms with Crippen LogP contribution in [0.2, 0.25) is 5.02 Å². The summed E-state index contributed by atoms with van der Waals surface area (Å²) in [6.45, 7) is 0. The van der Waals surface area contributed by atoms with Crippen LogP contribution < -0.4 is 4.74 Å². The highest BCUT2D eigenvalue weighted by Gasteiger charge is 2.41. The van der Waals surface area contributed by atoms with E-state index in [2.05, 4.69) is 69.5 Å². The van der Waals surface area contributed by atoms with Gasteiger partial charge in [0.25, 0.3) is 0 Å². The largest absolute Gasteiger partial charge is 0.464 e. The van der Waals surface area contributed by atoms with E-state index in [9.17, 15) is 0 Å². The number of rotatable bonds is 2. The normalized spacial score (nSPS) is 19.5. The highest BCUT2D eigenvalue weighted by atomic mass is 79.9. The first-order valence-corrected chi connectivity index (χ1v) is 11.4. The second kappa shape index (κ2) is 7.40. The van der Waals surface area contributed by atoms with Crippen molar-refractivity contribution in [2.24, 2.45) is 5.10 Å². The Labute approximate surface area is 194 Å². The number of hydrazone groups is 1. The standard InChI is InChI=1S/C26H18BrClN2O/c27-19-11-12-25-21(14-19)24-15-23(18-10-9-16-5-1-2-6-17(16)13-18)29-30(24)26(31-25)20-7-3-4-8-22(20)28/h1-14,24,26H,15H2/t24-,26-/m0/s1. The Morgan fingerprint density at radius 1 is 0.871 bits per heavy atom. The molecule has 6 rings (SSSR count). The minimum Gasteiger partial charge on any atom is -0.464 e. The molecule has 0 aliphatic carbocycles. The van der Waals surface area contributed by atoms with E-state index in [1.165, 1.54) is 10.8 Å². The Balaban J connectivity index is 1.47. The van der Waals surface area contributed by atoms with Gasteiger partial charge in [0.05, 0.1) is 11.8 Å². The van der Waals surface area contributed by atoms with Gasteiger partial charge in [-0.3, -0.25) is 0 Å². The molecule has 2 heterocycles. The summed E-state index contributed by atoms with van der Waals surface area (Å²) >= 11 is 10.2. The summed E-state index contributed by atoms with van der Waals surface area (Å²) in [4.78, 5) is 0. The maximum atomic E-state index is 6.56. The minimum absolute atomic E-state index is 0.0870. The van der Waals surface area contributed by atoms with E-state index in [0.29, 0.717) is 5.02 Å². The Bertz CT molecular complexity index is 1350. The zero-order chi connectivity index (χ0) is 20.9. The quantitative estimate of drug-likeness (QED) is 0.291. The summed E-state index contributed by atoms with van der Waals surface area (Å²) in [5.74, 6) is 0.879. The van der Waals surface area contributed by atoms with Gasteiger partial charge in [0, 0.05) is 27.0 Å². The number of fused-ring (bicyclic) bond motifs is 4. The molecule has 0 radical (unpaired) electrons. The first kappa shape index (κ1) is 18.9. The number of hydrogen-bond donors (Lipinski definition) is 0. The molecular weight excluding hydrogens is 472 g/mol. The van der Waals surface area contributed by atoms with E-state index in [1.807, 2.05) is 36.4 Å². The highest BCUT2D eigenvalue weighted by Crippen LogP contribution is 2.49. The van der Waals surface area contributed by atoms with Crippen LogP contribution >= 0.6 is 27.5 Å². The van der Waals surface area contributed by atoms with Crippen LogP contribution in [0.1, 0.15) is 35.4 Å². The van der Waals surface area contributed by atoms with Crippen LogP contribution in [0.5, 0.6) is 5.75 Å². The summed E-state index contributed by atoms with van der Waals surface area (Å²) in [6, 6.07) is 29.0. The molecule has 31 heavy (non-hydrogen) atoms. The van der Waals surface area contributed by atoms with Crippen molar-refractivity contribution in [3.63, 3.8) is 0 Å². The monoisotopic (exact) mass is 488 g/mol. The molecule has 0 N–H and O–H groups in total. The van der Waals surface area contributed by atoms with Gasteiger partial charge >= 0.3 is 0 Å². The van der Waals surface area contributed by atoms with Gasteiger partial charge < -0.3 is 4.74 Å². The molecular formula is C26H18BrClN2O. The zero-order valence-electron chi connectivity index (χ0n) is 16.5. The highest BCUT2D eigenvalue weighted by molar-refractivity contribution is 9.10. The maximum absolute atomic E-state index is 6.56. The maximum Gasteiger partial charge on any atom is 0.215 e. The summed E-state index contributed by atoms with van der Waals surface area (Å²) < 4.78 is 7.47. The zero-order valence-corrected chi connectivity index (χ0v) is 18.8. The molecule has 2 aliphatic heterocycles. The van der Waals surface area contributed by atoms with Gasteiger partial charge in [-0.1, -0.05) is 82.1 Å². The molecule has 0 bridgehead atoms. The van der Waals surface area contributed by atoms with E-state index in [-0.39, 0.29) is 12.3 Å². The number of halogens is 2. The molecule has 0 fully saturated rings. The third-order valence-corrected chi connectivity index (χ3v) is 6.84. The minimum atomic E-state index is -0.370. The number of ether oxygens (including phenoxy) is 1. The van der Waals surface area contributed by atoms with Gasteiger partial charge in [-0.15, -0.1) is 0 Å². The second-order valence-electron chi connectivity index (χ2n) is 7.88. The molecule has 0 unspecified atom stereocenters. The lowest BCUT2D eigenvalue weighted by Crippen LogP contribution is -2.33. The molecule has 2 aliphatic rings. The molecule has 0 saturated heterocycles. The molecule has 0 saturated carbocycles. The smallest absolute Gasteiger partial charge is 0.215 e. The Morgan fingerprint density at radius 3 is 2.55 bits per heavy atom. The number of hydrogen-bond acceptors (Lipinski definition) is 3. The number of benzene rings is 4. The van der Waals surface area contributed by atoms with Crippen LogP contribution in [-0.2, 0) is 0 Å². The topological polar surface area (TPSA) is 24.8 Å². The van der Waals surface area contributed by atoms with E-state index >= 15 is 0 Å². The Hall–Kier alpha value is -2.82. The molecule has 4 aromatic carbocycles. The molecule has 0 amide bonds. The van der Waals surface area contributed by atoms with Crippen molar-refractivity contribution < 1.29 is 4.74 Å². The number of nitrogens with zero attached hydrogens (tertiary/aromatic N) is 2. The summed E-state index contributed by atoms with van der Waals surface area (Å²) in [5.41, 5.74) is 4.26. The Kier molecular flexibility index (Phi) is 4.51. The van der Waals surface area contributed by atoms with E-state index < -0.39 is 0 Å². The van der Waals surface area contributed by atoms with Crippen molar-refractivity contribution in [2.45, 2.75) is 18.7 Å². The van der Waals surface area contributed by atoms with Crippen molar-refractivity contribution in [1.29, 1.82) is 0 Å². The Morgan fingerprint density at radius 2 is 1.68 bits per heavy atom. The van der Waals surface area contributed by atoms with Gasteiger partial charge in [0.2, 0.25) is 6.23 Å². The summed E-state index contributed by atoms with van der Waals surface area (Å²) in [5, 5.41) is 10.3. The SMILES string of the molecule is Clc1ccccc1[C@@H]1Oc2ccc(Br)cc2[C@@H]2CC(c3ccc4ccccc4c3)=NN21. The molecule has 5 heteroatoms. The van der Waals surface area contributed by atoms with Crippen LogP contribution in [0.4, 0.5) is 0 Å². The molecule has 152 valence electrons. The summed E-state index contributed by atoms with van der Waals surface area (Å²) in [6.07, 6.45) is 0.442. The third-order valence-electron chi connectivity index (χ3n) is 6.01. The van der Waals surface area contributed by atoms with Crippen LogP contribution in [-0.4, -0.2) is 10.7 Å². The van der Waals surface area contributed by atoms with Gasteiger partial charge in [0.1, 0.15) is 5.75 Å². The predicted molar refractivity (Wildman–Crippen MR) is 129 cm³/mol.